The fraction of sp³-hybridized carbons (Fsp3) is 0.733. The van der Waals surface area contributed by atoms with E-state index in [0.29, 0.717) is 13.2 Å². The molecule has 2 N–H and O–H groups in total. The second-order valence-corrected chi connectivity index (χ2v) is 5.76. The highest BCUT2D eigenvalue weighted by atomic mass is 16.5. The Labute approximate surface area is 140 Å². The van der Waals surface area contributed by atoms with Crippen LogP contribution in [0.5, 0.6) is 0 Å². The van der Waals surface area contributed by atoms with Gasteiger partial charge in [0.15, 0.2) is 0 Å². The maximum Gasteiger partial charge on any atom is 0.326 e. The highest BCUT2D eigenvalue weighted by molar-refractivity contribution is 5.91. The molecule has 0 aromatic carbocycles. The Morgan fingerprint density at radius 3 is 2.67 bits per heavy atom. The van der Waals surface area contributed by atoms with Gasteiger partial charge in [0.25, 0.3) is 0 Å². The largest absolute Gasteiger partial charge is 0.480 e. The van der Waals surface area contributed by atoms with E-state index in [1.807, 2.05) is 0 Å². The van der Waals surface area contributed by atoms with Crippen LogP contribution < -0.4 is 5.32 Å². The fourth-order valence-electron chi connectivity index (χ4n) is 2.57. The lowest BCUT2D eigenvalue weighted by Crippen LogP contribution is -2.49. The van der Waals surface area contributed by atoms with Crippen LogP contribution in [0.15, 0.2) is 0 Å². The lowest BCUT2D eigenvalue weighted by molar-refractivity contribution is -0.151. The summed E-state index contributed by atoms with van der Waals surface area (Å²) in [7, 11) is 1.53. The van der Waals surface area contributed by atoms with Crippen LogP contribution in [-0.2, 0) is 23.9 Å². The lowest BCUT2D eigenvalue weighted by atomic mass is 10.1. The van der Waals surface area contributed by atoms with Crippen LogP contribution in [0.2, 0.25) is 0 Å². The molecule has 3 amide bonds. The third-order valence-electron chi connectivity index (χ3n) is 3.96. The molecule has 2 atom stereocenters. The van der Waals surface area contributed by atoms with Crippen molar-refractivity contribution < 1.29 is 29.0 Å². The molecule has 0 aliphatic carbocycles. The minimum absolute atomic E-state index is 0.0610. The topological polar surface area (TPSA) is 116 Å². The number of nitrogens with zero attached hydrogens (tertiary/aromatic N) is 2. The Balaban J connectivity index is 2.74. The van der Waals surface area contributed by atoms with Crippen LogP contribution in [0.25, 0.3) is 0 Å². The number of carbonyl (C=O) groups excluding carboxylic acids is 3. The summed E-state index contributed by atoms with van der Waals surface area (Å²) in [4.78, 5) is 49.6. The molecule has 1 heterocycles. The van der Waals surface area contributed by atoms with E-state index < -0.39 is 17.9 Å². The molecule has 1 saturated heterocycles. The number of carboxylic acid groups (broad SMARTS) is 1. The molecule has 0 radical (unpaired) electrons. The van der Waals surface area contributed by atoms with Crippen LogP contribution in [0.3, 0.4) is 0 Å². The van der Waals surface area contributed by atoms with E-state index in [-0.39, 0.29) is 43.8 Å². The molecule has 24 heavy (non-hydrogen) atoms. The summed E-state index contributed by atoms with van der Waals surface area (Å²) in [6.45, 7) is 4.03. The standard InChI is InChI=1S/C15H25N3O6/c1-10(15(22)23)18(5-4-16-11(2)19)14(21)12-8-13(20)17(9-12)6-7-24-3/h10,12H,4-9H2,1-3H3,(H,16,19)(H,22,23). The molecule has 1 aliphatic heterocycles. The molecule has 1 aliphatic rings. The molecule has 0 spiro atoms. The van der Waals surface area contributed by atoms with Gasteiger partial charge in [-0.05, 0) is 6.92 Å². The van der Waals surface area contributed by atoms with Gasteiger partial charge in [-0.15, -0.1) is 0 Å². The smallest absolute Gasteiger partial charge is 0.326 e. The van der Waals surface area contributed by atoms with Gasteiger partial charge in [-0.3, -0.25) is 14.4 Å². The van der Waals surface area contributed by atoms with Gasteiger partial charge < -0.3 is 25.0 Å². The summed E-state index contributed by atoms with van der Waals surface area (Å²) in [5, 5.41) is 11.7. The van der Waals surface area contributed by atoms with Crippen molar-refractivity contribution in [2.75, 3.05) is 39.9 Å². The Morgan fingerprint density at radius 1 is 1.46 bits per heavy atom. The minimum Gasteiger partial charge on any atom is -0.480 e. The van der Waals surface area contributed by atoms with Gasteiger partial charge in [0.1, 0.15) is 6.04 Å². The average Bonchev–Trinajstić information content (AvgIpc) is 2.89. The fourth-order valence-corrected chi connectivity index (χ4v) is 2.57. The van der Waals surface area contributed by atoms with Crippen molar-refractivity contribution in [3.8, 4) is 0 Å². The maximum atomic E-state index is 12.7. The molecule has 1 rings (SSSR count). The predicted molar refractivity (Wildman–Crippen MR) is 84.1 cm³/mol. The average molecular weight is 343 g/mol. The summed E-state index contributed by atoms with van der Waals surface area (Å²) < 4.78 is 4.93. The number of carbonyl (C=O) groups is 4. The number of carboxylic acids is 1. The van der Waals surface area contributed by atoms with Crippen molar-refractivity contribution in [1.29, 1.82) is 0 Å². The first-order chi connectivity index (χ1) is 11.3. The van der Waals surface area contributed by atoms with Gasteiger partial charge in [0.05, 0.1) is 12.5 Å². The van der Waals surface area contributed by atoms with Crippen molar-refractivity contribution in [2.45, 2.75) is 26.3 Å². The zero-order valence-electron chi connectivity index (χ0n) is 14.3. The number of ether oxygens (including phenoxy) is 1. The first kappa shape index (κ1) is 19.9. The summed E-state index contributed by atoms with van der Waals surface area (Å²) in [6.07, 6.45) is 0.0610. The third kappa shape index (κ3) is 5.48. The summed E-state index contributed by atoms with van der Waals surface area (Å²) in [6, 6.07) is -1.03. The van der Waals surface area contributed by atoms with Gasteiger partial charge in [-0.1, -0.05) is 0 Å². The number of amides is 3. The Morgan fingerprint density at radius 2 is 2.12 bits per heavy atom. The molecule has 1 fully saturated rings. The van der Waals surface area contributed by atoms with Crippen molar-refractivity contribution in [2.24, 2.45) is 5.92 Å². The van der Waals surface area contributed by atoms with Gasteiger partial charge in [-0.2, -0.15) is 0 Å². The normalized spacial score (nSPS) is 18.4. The minimum atomic E-state index is -1.13. The quantitative estimate of drug-likeness (QED) is 0.550. The highest BCUT2D eigenvalue weighted by Crippen LogP contribution is 2.21. The Kier molecular flexibility index (Phi) is 7.63. The van der Waals surface area contributed by atoms with E-state index in [2.05, 4.69) is 5.32 Å². The number of aliphatic carboxylic acids is 1. The first-order valence-corrected chi connectivity index (χ1v) is 7.82. The second-order valence-electron chi connectivity index (χ2n) is 5.76. The van der Waals surface area contributed by atoms with E-state index >= 15 is 0 Å². The molecular formula is C15H25N3O6. The molecule has 9 nitrogen and oxygen atoms in total. The van der Waals surface area contributed by atoms with E-state index in [9.17, 15) is 24.3 Å². The van der Waals surface area contributed by atoms with E-state index in [1.165, 1.54) is 25.9 Å². The van der Waals surface area contributed by atoms with E-state index in [0.717, 1.165) is 0 Å². The van der Waals surface area contributed by atoms with Gasteiger partial charge in [-0.25, -0.2) is 4.79 Å². The van der Waals surface area contributed by atoms with E-state index in [1.54, 1.807) is 4.90 Å². The number of methoxy groups -OCH3 is 1. The van der Waals surface area contributed by atoms with Crippen LogP contribution >= 0.6 is 0 Å². The Hall–Kier alpha value is -2.16. The zero-order chi connectivity index (χ0) is 18.3. The molecular weight excluding hydrogens is 318 g/mol. The summed E-state index contributed by atoms with van der Waals surface area (Å²) >= 11 is 0. The predicted octanol–water partition coefficient (Wildman–Crippen LogP) is -1.08. The lowest BCUT2D eigenvalue weighted by Gasteiger charge is -2.29. The van der Waals surface area contributed by atoms with E-state index in [4.69, 9.17) is 4.74 Å². The van der Waals surface area contributed by atoms with Gasteiger partial charge in [0, 0.05) is 46.6 Å². The van der Waals surface area contributed by atoms with Crippen LogP contribution in [-0.4, -0.2) is 84.5 Å². The van der Waals surface area contributed by atoms with Crippen molar-refractivity contribution >= 4 is 23.7 Å². The summed E-state index contributed by atoms with van der Waals surface area (Å²) in [5.41, 5.74) is 0. The monoisotopic (exact) mass is 343 g/mol. The zero-order valence-corrected chi connectivity index (χ0v) is 14.3. The second kappa shape index (κ2) is 9.21. The number of likely N-dealkylation sites (tertiary alicyclic amines) is 1. The third-order valence-corrected chi connectivity index (χ3v) is 3.96. The van der Waals surface area contributed by atoms with Crippen molar-refractivity contribution in [3.63, 3.8) is 0 Å². The highest BCUT2D eigenvalue weighted by Gasteiger charge is 2.38. The number of hydrogen-bond donors (Lipinski definition) is 2. The maximum absolute atomic E-state index is 12.7. The molecule has 0 saturated carbocycles. The number of rotatable bonds is 9. The number of hydrogen-bond acceptors (Lipinski definition) is 5. The van der Waals surface area contributed by atoms with Crippen LogP contribution in [0, 0.1) is 5.92 Å². The first-order valence-electron chi connectivity index (χ1n) is 7.82. The van der Waals surface area contributed by atoms with Gasteiger partial charge in [0.2, 0.25) is 17.7 Å². The Bertz CT molecular complexity index is 496. The molecule has 2 unspecified atom stereocenters. The summed E-state index contributed by atoms with van der Waals surface area (Å²) in [5.74, 6) is -2.49. The molecule has 9 heteroatoms. The molecule has 0 aromatic heterocycles. The van der Waals surface area contributed by atoms with Gasteiger partial charge >= 0.3 is 5.97 Å². The van der Waals surface area contributed by atoms with Crippen molar-refractivity contribution in [3.05, 3.63) is 0 Å². The number of nitrogens with one attached hydrogen (secondary N) is 1. The molecule has 136 valence electrons. The van der Waals surface area contributed by atoms with Crippen molar-refractivity contribution in [1.82, 2.24) is 15.1 Å². The van der Waals surface area contributed by atoms with Crippen LogP contribution in [0.1, 0.15) is 20.3 Å². The SMILES string of the molecule is COCCN1CC(C(=O)N(CCNC(C)=O)C(C)C(=O)O)CC1=O. The van der Waals surface area contributed by atoms with Crippen LogP contribution in [0.4, 0.5) is 0 Å². The molecule has 0 aromatic rings. The molecule has 0 bridgehead atoms.